The quantitative estimate of drug-likeness (QED) is 0.699. The summed E-state index contributed by atoms with van der Waals surface area (Å²) in [4.78, 5) is 25.3. The number of amides is 3. The maximum absolute atomic E-state index is 12.1. The monoisotopic (exact) mass is 386 g/mol. The number of nitrogens with zero attached hydrogens (tertiary/aromatic N) is 1. The first-order valence-electron chi connectivity index (χ1n) is 8.96. The molecule has 3 N–H and O–H groups in total. The lowest BCUT2D eigenvalue weighted by atomic mass is 10.0. The molecule has 9 heteroatoms. The molecule has 1 aliphatic rings. The van der Waals surface area contributed by atoms with E-state index >= 15 is 0 Å². The highest BCUT2D eigenvalue weighted by atomic mass is 19.4. The van der Waals surface area contributed by atoms with Crippen molar-refractivity contribution in [1.29, 1.82) is 0 Å². The van der Waals surface area contributed by atoms with Crippen LogP contribution in [-0.2, 0) is 11.2 Å². The van der Waals surface area contributed by atoms with Gasteiger partial charge in [-0.25, -0.2) is 4.79 Å². The highest BCUT2D eigenvalue weighted by Gasteiger charge is 2.28. The third-order valence-electron chi connectivity index (χ3n) is 4.46. The molecule has 6 nitrogen and oxygen atoms in total. The van der Waals surface area contributed by atoms with Gasteiger partial charge in [-0.1, -0.05) is 31.2 Å². The molecule has 1 unspecified atom stereocenters. The van der Waals surface area contributed by atoms with Crippen molar-refractivity contribution in [2.75, 3.05) is 32.7 Å². The number of hydrogen-bond donors (Lipinski definition) is 3. The lowest BCUT2D eigenvalue weighted by molar-refractivity contribution is -0.124. The van der Waals surface area contributed by atoms with Crippen LogP contribution in [0.4, 0.5) is 18.0 Å². The molecule has 0 radical (unpaired) electrons. The van der Waals surface area contributed by atoms with Gasteiger partial charge in [-0.3, -0.25) is 15.0 Å². The van der Waals surface area contributed by atoms with Gasteiger partial charge in [0, 0.05) is 38.6 Å². The van der Waals surface area contributed by atoms with Crippen LogP contribution in [-0.4, -0.2) is 55.7 Å². The van der Waals surface area contributed by atoms with Gasteiger partial charge in [-0.2, -0.15) is 13.2 Å². The van der Waals surface area contributed by atoms with E-state index in [2.05, 4.69) is 41.4 Å². The highest BCUT2D eigenvalue weighted by molar-refractivity contribution is 5.94. The second-order valence-corrected chi connectivity index (χ2v) is 6.45. The van der Waals surface area contributed by atoms with Gasteiger partial charge >= 0.3 is 12.2 Å². The van der Waals surface area contributed by atoms with Gasteiger partial charge in [0.05, 0.1) is 0 Å². The van der Waals surface area contributed by atoms with Crippen LogP contribution < -0.4 is 16.0 Å². The van der Waals surface area contributed by atoms with E-state index in [-0.39, 0.29) is 12.5 Å². The van der Waals surface area contributed by atoms with Crippen molar-refractivity contribution in [2.24, 2.45) is 0 Å². The summed E-state index contributed by atoms with van der Waals surface area (Å²) in [6, 6.07) is 7.29. The van der Waals surface area contributed by atoms with Gasteiger partial charge in [0.1, 0.15) is 6.54 Å². The predicted molar refractivity (Wildman–Crippen MR) is 95.2 cm³/mol. The molecule has 1 aromatic carbocycles. The fourth-order valence-electron chi connectivity index (χ4n) is 2.98. The summed E-state index contributed by atoms with van der Waals surface area (Å²) in [6.07, 6.45) is -3.52. The van der Waals surface area contributed by atoms with E-state index < -0.39 is 24.7 Å². The Kier molecular flexibility index (Phi) is 7.61. The minimum atomic E-state index is -4.51. The molecule has 1 aliphatic heterocycles. The number of piperazine rings is 1. The molecule has 0 aliphatic carbocycles. The lowest BCUT2D eigenvalue weighted by Gasteiger charge is -2.36. The first-order chi connectivity index (χ1) is 12.8. The lowest BCUT2D eigenvalue weighted by Crippen LogP contribution is -2.48. The number of hydrogen-bond acceptors (Lipinski definition) is 4. The molecular weight excluding hydrogens is 361 g/mol. The summed E-state index contributed by atoms with van der Waals surface area (Å²) in [6.45, 7) is 3.32. The summed E-state index contributed by atoms with van der Waals surface area (Å²) >= 11 is 0. The first-order valence-corrected chi connectivity index (χ1v) is 8.96. The normalized spacial score (nSPS) is 18.1. The smallest absolute Gasteiger partial charge is 0.329 e. The van der Waals surface area contributed by atoms with Crippen LogP contribution in [0.5, 0.6) is 0 Å². The number of imide groups is 1. The Morgan fingerprint density at radius 2 is 1.96 bits per heavy atom. The summed E-state index contributed by atoms with van der Waals surface area (Å²) in [7, 11) is 0. The SMILES string of the molecule is CCc1ccc(C2CNCCN2CCC(=O)NC(=O)NCC(F)(F)F)cc1. The van der Waals surface area contributed by atoms with Gasteiger partial charge in [0.2, 0.25) is 5.91 Å². The number of nitrogens with one attached hydrogen (secondary N) is 3. The topological polar surface area (TPSA) is 73.5 Å². The van der Waals surface area contributed by atoms with Gasteiger partial charge < -0.3 is 10.6 Å². The van der Waals surface area contributed by atoms with Crippen LogP contribution in [0.1, 0.15) is 30.5 Å². The van der Waals surface area contributed by atoms with Crippen molar-refractivity contribution >= 4 is 11.9 Å². The van der Waals surface area contributed by atoms with E-state index in [0.717, 1.165) is 31.6 Å². The number of urea groups is 1. The van der Waals surface area contributed by atoms with Crippen LogP contribution >= 0.6 is 0 Å². The van der Waals surface area contributed by atoms with Gasteiger partial charge in [0.25, 0.3) is 0 Å². The molecule has 0 bridgehead atoms. The van der Waals surface area contributed by atoms with Crippen molar-refractivity contribution in [3.05, 3.63) is 35.4 Å². The van der Waals surface area contributed by atoms with E-state index in [1.165, 1.54) is 5.56 Å². The van der Waals surface area contributed by atoms with Crippen LogP contribution in [0.25, 0.3) is 0 Å². The van der Waals surface area contributed by atoms with Gasteiger partial charge in [-0.15, -0.1) is 0 Å². The molecule has 0 aromatic heterocycles. The van der Waals surface area contributed by atoms with Crippen molar-refractivity contribution in [1.82, 2.24) is 20.9 Å². The number of benzene rings is 1. The average Bonchev–Trinajstić information content (AvgIpc) is 2.64. The van der Waals surface area contributed by atoms with E-state index in [0.29, 0.717) is 6.54 Å². The summed E-state index contributed by atoms with van der Waals surface area (Å²) in [5.41, 5.74) is 2.39. The standard InChI is InChI=1S/C18H25F3N4O2/c1-2-13-3-5-14(6-4-13)15-11-22-8-10-25(15)9-7-16(26)24-17(27)23-12-18(19,20)21/h3-6,15,22H,2,7-12H2,1H3,(H2,23,24,26,27). The Labute approximate surface area is 156 Å². The number of carbonyl (C=O) groups excluding carboxylic acids is 2. The molecule has 0 spiro atoms. The van der Waals surface area contributed by atoms with Crippen LogP contribution in [0, 0.1) is 0 Å². The van der Waals surface area contributed by atoms with Gasteiger partial charge in [-0.05, 0) is 17.5 Å². The van der Waals surface area contributed by atoms with Crippen LogP contribution in [0.2, 0.25) is 0 Å². The number of rotatable bonds is 6. The van der Waals surface area contributed by atoms with Crippen LogP contribution in [0.3, 0.4) is 0 Å². The average molecular weight is 386 g/mol. The Morgan fingerprint density at radius 1 is 1.26 bits per heavy atom. The van der Waals surface area contributed by atoms with E-state index in [9.17, 15) is 22.8 Å². The number of alkyl halides is 3. The highest BCUT2D eigenvalue weighted by Crippen LogP contribution is 2.23. The molecule has 1 heterocycles. The van der Waals surface area contributed by atoms with E-state index in [4.69, 9.17) is 0 Å². The molecule has 2 rings (SSSR count). The van der Waals surface area contributed by atoms with Crippen molar-refractivity contribution in [3.8, 4) is 0 Å². The summed E-state index contributed by atoms with van der Waals surface area (Å²) < 4.78 is 36.2. The summed E-state index contributed by atoms with van der Waals surface area (Å²) in [5.74, 6) is -0.603. The number of aryl methyl sites for hydroxylation is 1. The van der Waals surface area contributed by atoms with E-state index in [1.54, 1.807) is 5.32 Å². The first kappa shape index (κ1) is 21.2. The zero-order valence-electron chi connectivity index (χ0n) is 15.2. The Morgan fingerprint density at radius 3 is 2.59 bits per heavy atom. The molecule has 27 heavy (non-hydrogen) atoms. The molecular formula is C18H25F3N4O2. The molecule has 1 saturated heterocycles. The third kappa shape index (κ3) is 7.18. The second-order valence-electron chi connectivity index (χ2n) is 6.45. The molecule has 1 fully saturated rings. The predicted octanol–water partition coefficient (Wildman–Crippen LogP) is 1.97. The van der Waals surface area contributed by atoms with Crippen molar-refractivity contribution < 1.29 is 22.8 Å². The number of halogens is 3. The molecule has 0 saturated carbocycles. The second kappa shape index (κ2) is 9.70. The van der Waals surface area contributed by atoms with Crippen molar-refractivity contribution in [3.63, 3.8) is 0 Å². The molecule has 150 valence electrons. The maximum atomic E-state index is 12.1. The largest absolute Gasteiger partial charge is 0.405 e. The zero-order valence-corrected chi connectivity index (χ0v) is 15.2. The minimum Gasteiger partial charge on any atom is -0.329 e. The van der Waals surface area contributed by atoms with E-state index in [1.807, 2.05) is 5.32 Å². The fourth-order valence-corrected chi connectivity index (χ4v) is 2.98. The fraction of sp³-hybridized carbons (Fsp3) is 0.556. The molecule has 3 amide bonds. The Hall–Kier alpha value is -2.13. The summed E-state index contributed by atoms with van der Waals surface area (Å²) in [5, 5.41) is 6.88. The van der Waals surface area contributed by atoms with Gasteiger partial charge in [0.15, 0.2) is 0 Å². The third-order valence-corrected chi connectivity index (χ3v) is 4.46. The molecule has 1 aromatic rings. The van der Waals surface area contributed by atoms with Crippen LogP contribution in [0.15, 0.2) is 24.3 Å². The Balaban J connectivity index is 1.84. The molecule has 1 atom stereocenters. The maximum Gasteiger partial charge on any atom is 0.405 e. The minimum absolute atomic E-state index is 0.0307. The van der Waals surface area contributed by atoms with Crippen molar-refractivity contribution in [2.45, 2.75) is 32.0 Å². The Bertz CT molecular complexity index is 634. The number of carbonyl (C=O) groups is 2. The zero-order chi connectivity index (χ0) is 19.9.